The molecule has 110 valence electrons. The van der Waals surface area contributed by atoms with Crippen molar-refractivity contribution in [1.29, 1.82) is 0 Å². The van der Waals surface area contributed by atoms with Crippen LogP contribution < -0.4 is 4.74 Å². The number of ether oxygens (including phenoxy) is 1. The maximum absolute atomic E-state index is 13.7. The molecule has 8 heteroatoms. The van der Waals surface area contributed by atoms with E-state index in [0.717, 1.165) is 4.90 Å². The van der Waals surface area contributed by atoms with Crippen molar-refractivity contribution in [1.82, 2.24) is 4.90 Å². The smallest absolute Gasteiger partial charge is 0.307 e. The van der Waals surface area contributed by atoms with Crippen molar-refractivity contribution in [3.05, 3.63) is 29.6 Å². The van der Waals surface area contributed by atoms with E-state index in [-0.39, 0.29) is 24.4 Å². The van der Waals surface area contributed by atoms with Crippen LogP contribution in [0.1, 0.15) is 12.0 Å². The Morgan fingerprint density at radius 3 is 2.70 bits per heavy atom. The minimum Gasteiger partial charge on any atom is -0.496 e. The first-order valence-corrected chi connectivity index (χ1v) is 7.30. The molecule has 0 saturated carbocycles. The first-order valence-electron chi connectivity index (χ1n) is 5.85. The Morgan fingerprint density at radius 1 is 1.45 bits per heavy atom. The fourth-order valence-corrected chi connectivity index (χ4v) is 2.85. The molecule has 1 aromatic carbocycles. The predicted molar refractivity (Wildman–Crippen MR) is 66.8 cm³/mol. The summed E-state index contributed by atoms with van der Waals surface area (Å²) in [6.45, 7) is -0.435. The van der Waals surface area contributed by atoms with Crippen molar-refractivity contribution in [2.24, 2.45) is 0 Å². The highest BCUT2D eigenvalue weighted by Gasteiger charge is 2.38. The van der Waals surface area contributed by atoms with Crippen LogP contribution in [0, 0.1) is 5.82 Å². The lowest BCUT2D eigenvalue weighted by Crippen LogP contribution is -2.27. The molecule has 1 amide bonds. The number of halogens is 2. The highest BCUT2D eigenvalue weighted by Crippen LogP contribution is 2.27. The third-order valence-corrected chi connectivity index (χ3v) is 4.33. The van der Waals surface area contributed by atoms with Gasteiger partial charge in [0.25, 0.3) is 0 Å². The maximum Gasteiger partial charge on any atom is 0.307 e. The molecule has 1 aliphatic heterocycles. The Hall–Kier alpha value is -1.70. The molecule has 0 N–H and O–H groups in total. The molecule has 1 aliphatic rings. The first kappa shape index (κ1) is 14.7. The zero-order chi connectivity index (χ0) is 14.9. The van der Waals surface area contributed by atoms with E-state index in [4.69, 9.17) is 4.74 Å². The largest absolute Gasteiger partial charge is 0.496 e. The zero-order valence-corrected chi connectivity index (χ0v) is 11.5. The Balaban J connectivity index is 2.22. The predicted octanol–water partition coefficient (Wildman–Crippen LogP) is 1.23. The van der Waals surface area contributed by atoms with E-state index >= 15 is 0 Å². The molecule has 2 rings (SSSR count). The van der Waals surface area contributed by atoms with Gasteiger partial charge < -0.3 is 9.64 Å². The molecule has 1 saturated heterocycles. The number of hydrogen-bond donors (Lipinski definition) is 0. The summed E-state index contributed by atoms with van der Waals surface area (Å²) in [6.07, 6.45) is -0.421. The van der Waals surface area contributed by atoms with E-state index in [0.29, 0.717) is 0 Å². The quantitative estimate of drug-likeness (QED) is 0.785. The molecule has 0 spiro atoms. The van der Waals surface area contributed by atoms with Crippen LogP contribution in [-0.2, 0) is 21.6 Å². The van der Waals surface area contributed by atoms with Gasteiger partial charge in [-0.3, -0.25) is 4.79 Å². The summed E-state index contributed by atoms with van der Waals surface area (Å²) in [4.78, 5) is 12.8. The second kappa shape index (κ2) is 5.35. The van der Waals surface area contributed by atoms with Crippen molar-refractivity contribution in [3.8, 4) is 5.75 Å². The van der Waals surface area contributed by atoms with Gasteiger partial charge in [0.2, 0.25) is 5.91 Å². The number of likely N-dealkylation sites (tertiary alicyclic amines) is 1. The van der Waals surface area contributed by atoms with Gasteiger partial charge in [-0.2, -0.15) is 8.42 Å². The average molecular weight is 305 g/mol. The minimum atomic E-state index is -4.77. The van der Waals surface area contributed by atoms with Gasteiger partial charge in [-0.05, 0) is 12.1 Å². The van der Waals surface area contributed by atoms with Crippen LogP contribution in [-0.4, -0.2) is 38.1 Å². The molecule has 1 heterocycles. The standard InChI is InChI=1S/C12H13F2NO4S/c1-19-11-4-2-3-10(13)9(11)7-15-6-8(5-12(15)16)20(14,17)18/h2-4,8H,5-7H2,1H3. The van der Waals surface area contributed by atoms with Crippen molar-refractivity contribution in [2.45, 2.75) is 18.2 Å². The Labute approximate surface area is 115 Å². The maximum atomic E-state index is 13.7. The summed E-state index contributed by atoms with van der Waals surface area (Å²) >= 11 is 0. The van der Waals surface area contributed by atoms with E-state index in [1.54, 1.807) is 0 Å². The lowest BCUT2D eigenvalue weighted by molar-refractivity contribution is -0.128. The molecule has 0 bridgehead atoms. The van der Waals surface area contributed by atoms with E-state index in [9.17, 15) is 21.5 Å². The van der Waals surface area contributed by atoms with Gasteiger partial charge >= 0.3 is 10.2 Å². The summed E-state index contributed by atoms with van der Waals surface area (Å²) in [5.74, 6) is -0.838. The van der Waals surface area contributed by atoms with Gasteiger partial charge in [0.1, 0.15) is 16.8 Å². The Bertz CT molecular complexity index is 632. The fourth-order valence-electron chi connectivity index (χ4n) is 2.15. The number of benzene rings is 1. The van der Waals surface area contributed by atoms with Crippen LogP contribution in [0.25, 0.3) is 0 Å². The summed E-state index contributed by atoms with van der Waals surface area (Å²) in [7, 11) is -3.41. The molecular formula is C12H13F2NO4S. The molecule has 20 heavy (non-hydrogen) atoms. The fraction of sp³-hybridized carbons (Fsp3) is 0.417. The molecule has 1 aromatic rings. The minimum absolute atomic E-state index is 0.139. The second-order valence-electron chi connectivity index (χ2n) is 4.50. The molecule has 1 fully saturated rings. The van der Waals surface area contributed by atoms with Gasteiger partial charge in [-0.15, -0.1) is 3.89 Å². The highest BCUT2D eigenvalue weighted by atomic mass is 32.3. The number of carbonyl (C=O) groups is 1. The van der Waals surface area contributed by atoms with Crippen LogP contribution >= 0.6 is 0 Å². The molecule has 0 aromatic heterocycles. The summed E-state index contributed by atoms with van der Waals surface area (Å²) in [5, 5.41) is -1.38. The summed E-state index contributed by atoms with van der Waals surface area (Å²) in [6, 6.07) is 4.20. The molecule has 5 nitrogen and oxygen atoms in total. The van der Waals surface area contributed by atoms with E-state index in [2.05, 4.69) is 0 Å². The second-order valence-corrected chi connectivity index (χ2v) is 6.11. The lowest BCUT2D eigenvalue weighted by atomic mass is 10.1. The molecule has 1 atom stereocenters. The van der Waals surface area contributed by atoms with Gasteiger partial charge in [-0.1, -0.05) is 6.07 Å². The summed E-state index contributed by atoms with van der Waals surface area (Å²) in [5.41, 5.74) is 0.139. The van der Waals surface area contributed by atoms with Crippen molar-refractivity contribution in [2.75, 3.05) is 13.7 Å². The number of hydrogen-bond acceptors (Lipinski definition) is 4. The third kappa shape index (κ3) is 2.90. The van der Waals surface area contributed by atoms with Gasteiger partial charge in [0, 0.05) is 18.5 Å². The summed E-state index contributed by atoms with van der Waals surface area (Å²) < 4.78 is 53.3. The molecule has 0 radical (unpaired) electrons. The number of rotatable bonds is 4. The van der Waals surface area contributed by atoms with Gasteiger partial charge in [0.05, 0.1) is 13.7 Å². The molecule has 0 aliphatic carbocycles. The third-order valence-electron chi connectivity index (χ3n) is 3.22. The van der Waals surface area contributed by atoms with E-state index in [1.165, 1.54) is 25.3 Å². The van der Waals surface area contributed by atoms with Crippen LogP contribution in [0.5, 0.6) is 5.75 Å². The Kier molecular flexibility index (Phi) is 3.94. The Morgan fingerprint density at radius 2 is 2.15 bits per heavy atom. The van der Waals surface area contributed by atoms with Gasteiger partial charge in [0.15, 0.2) is 0 Å². The SMILES string of the molecule is COc1cccc(F)c1CN1CC(S(=O)(=O)F)CC1=O. The van der Waals surface area contributed by atoms with Crippen LogP contribution in [0.15, 0.2) is 18.2 Å². The molecular weight excluding hydrogens is 292 g/mol. The van der Waals surface area contributed by atoms with Gasteiger partial charge in [-0.25, -0.2) is 4.39 Å². The number of nitrogens with zero attached hydrogens (tertiary/aromatic N) is 1. The van der Waals surface area contributed by atoms with Crippen LogP contribution in [0.3, 0.4) is 0 Å². The van der Waals surface area contributed by atoms with Crippen LogP contribution in [0.4, 0.5) is 8.28 Å². The van der Waals surface area contributed by atoms with E-state index < -0.39 is 33.6 Å². The van der Waals surface area contributed by atoms with Crippen molar-refractivity contribution < 1.29 is 26.2 Å². The number of amides is 1. The van der Waals surface area contributed by atoms with Crippen molar-refractivity contribution in [3.63, 3.8) is 0 Å². The number of carbonyl (C=O) groups excluding carboxylic acids is 1. The van der Waals surface area contributed by atoms with E-state index in [1.807, 2.05) is 0 Å². The zero-order valence-electron chi connectivity index (χ0n) is 10.7. The monoisotopic (exact) mass is 305 g/mol. The molecule has 1 unspecified atom stereocenters. The normalized spacial score (nSPS) is 19.4. The average Bonchev–Trinajstić information content (AvgIpc) is 2.73. The van der Waals surface area contributed by atoms with Crippen LogP contribution in [0.2, 0.25) is 0 Å². The first-order chi connectivity index (χ1) is 9.32. The topological polar surface area (TPSA) is 63.7 Å². The number of methoxy groups -OCH3 is 1. The van der Waals surface area contributed by atoms with Crippen molar-refractivity contribution >= 4 is 16.1 Å². The lowest BCUT2D eigenvalue weighted by Gasteiger charge is -2.18. The highest BCUT2D eigenvalue weighted by molar-refractivity contribution is 7.87.